The van der Waals surface area contributed by atoms with Crippen LogP contribution in [-0.2, 0) is 20.7 Å². The van der Waals surface area contributed by atoms with E-state index >= 15 is 0 Å². The zero-order chi connectivity index (χ0) is 28.4. The summed E-state index contributed by atoms with van der Waals surface area (Å²) < 4.78 is 10.9. The summed E-state index contributed by atoms with van der Waals surface area (Å²) in [4.78, 5) is 39.5. The highest BCUT2D eigenvalue weighted by atomic mass is 32.1. The Hall–Kier alpha value is -4.44. The molecule has 0 fully saturated rings. The molecule has 2 unspecified atom stereocenters. The summed E-state index contributed by atoms with van der Waals surface area (Å²) in [6.07, 6.45) is 1.29. The number of Topliss-reactive ketones (excluding diaryl/α,β-unsaturated/α-hetero) is 1. The van der Waals surface area contributed by atoms with Gasteiger partial charge in [0.1, 0.15) is 0 Å². The summed E-state index contributed by atoms with van der Waals surface area (Å²) in [5.41, 5.74) is 2.45. The van der Waals surface area contributed by atoms with E-state index in [1.807, 2.05) is 47.8 Å². The lowest BCUT2D eigenvalue weighted by Crippen LogP contribution is -2.36. The van der Waals surface area contributed by atoms with Gasteiger partial charge in [0.2, 0.25) is 5.75 Å². The van der Waals surface area contributed by atoms with Gasteiger partial charge in [0.15, 0.2) is 11.5 Å². The number of methoxy groups -OCH3 is 1. The Morgan fingerprint density at radius 3 is 2.62 bits per heavy atom. The Morgan fingerprint density at radius 2 is 1.95 bits per heavy atom. The van der Waals surface area contributed by atoms with Crippen LogP contribution < -0.4 is 10.1 Å². The molecule has 2 heterocycles. The summed E-state index contributed by atoms with van der Waals surface area (Å²) >= 11 is 1.59. The normalized spacial score (nSPS) is 18.7. The van der Waals surface area contributed by atoms with Crippen LogP contribution in [0.3, 0.4) is 0 Å². The number of hydrogen-bond acceptors (Lipinski definition) is 9. The third-order valence-electron chi connectivity index (χ3n) is 7.29. The number of nitro groups is 1. The number of ether oxygens (including phenoxy) is 2. The molecule has 5 rings (SSSR count). The molecule has 2 aliphatic rings. The number of nitrogens with zero attached hydrogens (tertiary/aromatic N) is 1. The van der Waals surface area contributed by atoms with Gasteiger partial charge >= 0.3 is 11.7 Å². The molecule has 9 nitrogen and oxygen atoms in total. The van der Waals surface area contributed by atoms with Crippen LogP contribution in [0.4, 0.5) is 5.69 Å². The molecule has 2 aromatic carbocycles. The van der Waals surface area contributed by atoms with E-state index in [9.17, 15) is 24.8 Å². The van der Waals surface area contributed by atoms with Crippen molar-refractivity contribution in [2.75, 3.05) is 13.7 Å². The lowest BCUT2D eigenvalue weighted by Gasteiger charge is -2.36. The van der Waals surface area contributed by atoms with Crippen LogP contribution in [0, 0.1) is 10.1 Å². The SMILES string of the molecule is COc1cc(C2C(C(=O)OCCc3ccccc3)=C(C)NC3=C2C(=O)CC(c2cccs2)C3)cc([N+](=O)[O-])c1O. The smallest absolute Gasteiger partial charge is 0.336 e. The number of dihydropyridines is 1. The molecule has 3 aromatic rings. The number of nitrogens with one attached hydrogen (secondary N) is 1. The fraction of sp³-hybridized carbons (Fsp3) is 0.267. The van der Waals surface area contributed by atoms with Gasteiger partial charge in [-0.15, -0.1) is 11.3 Å². The molecule has 0 saturated heterocycles. The van der Waals surface area contributed by atoms with Gasteiger partial charge in [-0.3, -0.25) is 14.9 Å². The van der Waals surface area contributed by atoms with E-state index in [-0.39, 0.29) is 41.6 Å². The Labute approximate surface area is 234 Å². The molecule has 10 heteroatoms. The van der Waals surface area contributed by atoms with E-state index in [4.69, 9.17) is 9.47 Å². The van der Waals surface area contributed by atoms with Crippen LogP contribution in [0.2, 0.25) is 0 Å². The Balaban J connectivity index is 1.56. The number of carbonyl (C=O) groups is 2. The van der Waals surface area contributed by atoms with Crippen LogP contribution >= 0.6 is 11.3 Å². The lowest BCUT2D eigenvalue weighted by atomic mass is 9.72. The predicted octanol–water partition coefficient (Wildman–Crippen LogP) is 5.52. The lowest BCUT2D eigenvalue weighted by molar-refractivity contribution is -0.386. The molecular formula is C30H28N2O7S. The Morgan fingerprint density at radius 1 is 1.18 bits per heavy atom. The van der Waals surface area contributed by atoms with Crippen molar-refractivity contribution >= 4 is 28.8 Å². The van der Waals surface area contributed by atoms with Gasteiger partial charge in [0, 0.05) is 52.6 Å². The largest absolute Gasteiger partial charge is 0.500 e. The highest BCUT2D eigenvalue weighted by Gasteiger charge is 2.42. The number of aromatic hydroxyl groups is 1. The maximum absolute atomic E-state index is 13.7. The summed E-state index contributed by atoms with van der Waals surface area (Å²) in [6, 6.07) is 16.2. The fourth-order valence-corrected chi connectivity index (χ4v) is 6.26. The second-order valence-electron chi connectivity index (χ2n) is 9.75. The van der Waals surface area contributed by atoms with Crippen molar-refractivity contribution in [3.8, 4) is 11.5 Å². The molecule has 1 aromatic heterocycles. The number of esters is 1. The highest BCUT2D eigenvalue weighted by molar-refractivity contribution is 7.10. The van der Waals surface area contributed by atoms with Crippen LogP contribution in [0.15, 0.2) is 82.5 Å². The minimum atomic E-state index is -0.939. The van der Waals surface area contributed by atoms with E-state index in [1.165, 1.54) is 19.2 Å². The third kappa shape index (κ3) is 5.22. The molecule has 1 aliphatic carbocycles. The van der Waals surface area contributed by atoms with E-state index in [2.05, 4.69) is 5.32 Å². The van der Waals surface area contributed by atoms with E-state index in [0.29, 0.717) is 29.8 Å². The number of thiophene rings is 1. The number of hydrogen-bond donors (Lipinski definition) is 2. The number of phenols is 1. The molecule has 0 saturated carbocycles. The van der Waals surface area contributed by atoms with Crippen LogP contribution in [0.1, 0.15) is 47.6 Å². The van der Waals surface area contributed by atoms with Gasteiger partial charge < -0.3 is 19.9 Å². The standard InChI is InChI=1S/C30H28N2O7S/c1-17-26(30(35)39-11-10-18-7-4-3-5-8-18)27(20-14-22(32(36)37)29(34)24(16-20)38-2)28-21(31-17)13-19(15-23(28)33)25-9-6-12-40-25/h3-9,12,14,16,19,27,31,34H,10-11,13,15H2,1-2H3. The fourth-order valence-electron chi connectivity index (χ4n) is 5.43. The number of rotatable bonds is 8. The minimum absolute atomic E-state index is 0.0183. The van der Waals surface area contributed by atoms with Gasteiger partial charge in [-0.25, -0.2) is 4.79 Å². The van der Waals surface area contributed by atoms with Crippen molar-refractivity contribution in [1.82, 2.24) is 5.32 Å². The molecule has 0 spiro atoms. The summed E-state index contributed by atoms with van der Waals surface area (Å²) in [6.45, 7) is 1.85. The predicted molar refractivity (Wildman–Crippen MR) is 149 cm³/mol. The van der Waals surface area contributed by atoms with Crippen molar-refractivity contribution < 1.29 is 29.1 Å². The average molecular weight is 561 g/mol. The van der Waals surface area contributed by atoms with E-state index in [0.717, 1.165) is 10.4 Å². The van der Waals surface area contributed by atoms with Gasteiger partial charge in [0.25, 0.3) is 0 Å². The first kappa shape index (κ1) is 27.1. The quantitative estimate of drug-likeness (QED) is 0.209. The first-order chi connectivity index (χ1) is 19.3. The van der Waals surface area contributed by atoms with Gasteiger partial charge in [-0.1, -0.05) is 36.4 Å². The topological polar surface area (TPSA) is 128 Å². The van der Waals surface area contributed by atoms with Crippen molar-refractivity contribution in [2.24, 2.45) is 0 Å². The zero-order valence-electron chi connectivity index (χ0n) is 22.0. The molecule has 40 heavy (non-hydrogen) atoms. The second-order valence-corrected chi connectivity index (χ2v) is 10.7. The third-order valence-corrected chi connectivity index (χ3v) is 8.32. The van der Waals surface area contributed by atoms with Gasteiger partial charge in [0.05, 0.1) is 24.2 Å². The van der Waals surface area contributed by atoms with Gasteiger partial charge in [-0.2, -0.15) is 0 Å². The number of benzene rings is 2. The molecule has 206 valence electrons. The van der Waals surface area contributed by atoms with Crippen molar-refractivity contribution in [2.45, 2.75) is 38.0 Å². The zero-order valence-corrected chi connectivity index (χ0v) is 22.8. The van der Waals surface area contributed by atoms with Crippen LogP contribution in [0.5, 0.6) is 11.5 Å². The van der Waals surface area contributed by atoms with Crippen molar-refractivity contribution in [1.29, 1.82) is 0 Å². The summed E-state index contributed by atoms with van der Waals surface area (Å²) in [7, 11) is 1.28. The molecule has 2 atom stereocenters. The monoisotopic (exact) mass is 560 g/mol. The molecule has 0 amide bonds. The maximum Gasteiger partial charge on any atom is 0.336 e. The maximum atomic E-state index is 13.7. The summed E-state index contributed by atoms with van der Waals surface area (Å²) in [5, 5.41) is 27.5. The van der Waals surface area contributed by atoms with E-state index in [1.54, 1.807) is 18.3 Å². The number of allylic oxidation sites excluding steroid dienone is 3. The molecule has 0 radical (unpaired) electrons. The minimum Gasteiger partial charge on any atom is -0.500 e. The van der Waals surface area contributed by atoms with Crippen molar-refractivity contribution in [3.63, 3.8) is 0 Å². The Kier molecular flexibility index (Phi) is 7.70. The number of nitro benzene ring substituents is 1. The molecular weight excluding hydrogens is 532 g/mol. The number of ketones is 1. The average Bonchev–Trinajstić information content (AvgIpc) is 3.48. The highest BCUT2D eigenvalue weighted by Crippen LogP contribution is 2.49. The van der Waals surface area contributed by atoms with Crippen LogP contribution in [0.25, 0.3) is 0 Å². The summed E-state index contributed by atoms with van der Waals surface area (Å²) in [5.74, 6) is -2.49. The molecule has 0 bridgehead atoms. The first-order valence-electron chi connectivity index (χ1n) is 12.8. The van der Waals surface area contributed by atoms with Crippen LogP contribution in [-0.4, -0.2) is 35.5 Å². The van der Waals surface area contributed by atoms with E-state index < -0.39 is 28.2 Å². The van der Waals surface area contributed by atoms with Crippen molar-refractivity contribution in [3.05, 3.63) is 109 Å². The number of phenolic OH excluding ortho intramolecular Hbond substituents is 1. The Bertz CT molecular complexity index is 1530. The molecule has 2 N–H and O–H groups in total. The first-order valence-corrected chi connectivity index (χ1v) is 13.7. The molecule has 1 aliphatic heterocycles. The number of carbonyl (C=O) groups excluding carboxylic acids is 2. The second kappa shape index (κ2) is 11.4. The van der Waals surface area contributed by atoms with Gasteiger partial charge in [-0.05, 0) is 42.0 Å².